The van der Waals surface area contributed by atoms with Crippen molar-refractivity contribution in [2.24, 2.45) is 0 Å². The Balaban J connectivity index is 1.48. The van der Waals surface area contributed by atoms with E-state index in [1.54, 1.807) is 23.1 Å². The van der Waals surface area contributed by atoms with Gasteiger partial charge in [0, 0.05) is 35.9 Å². The van der Waals surface area contributed by atoms with Gasteiger partial charge in [-0.1, -0.05) is 48.5 Å². The summed E-state index contributed by atoms with van der Waals surface area (Å²) in [6.07, 6.45) is 6.88. The van der Waals surface area contributed by atoms with Crippen molar-refractivity contribution < 1.29 is 0 Å². The summed E-state index contributed by atoms with van der Waals surface area (Å²) in [5.74, 6) is 1.97. The molecule has 4 heterocycles. The lowest BCUT2D eigenvalue weighted by molar-refractivity contribution is 0.591. The first-order valence-electron chi connectivity index (χ1n) is 8.95. The molecule has 4 aromatic rings. The molecule has 0 saturated carbocycles. The van der Waals surface area contributed by atoms with Gasteiger partial charge >= 0.3 is 0 Å². The first kappa shape index (κ1) is 16.1. The third kappa shape index (κ3) is 2.85. The van der Waals surface area contributed by atoms with Crippen molar-refractivity contribution in [1.82, 2.24) is 24.1 Å². The fourth-order valence-corrected chi connectivity index (χ4v) is 5.22. The van der Waals surface area contributed by atoms with Gasteiger partial charge in [-0.25, -0.2) is 4.98 Å². The van der Waals surface area contributed by atoms with Crippen LogP contribution in [-0.4, -0.2) is 24.1 Å². The second kappa shape index (κ2) is 6.89. The van der Waals surface area contributed by atoms with Crippen molar-refractivity contribution in [3.63, 3.8) is 0 Å². The third-order valence-electron chi connectivity index (χ3n) is 4.82. The monoisotopic (exact) mass is 381 g/mol. The number of thioether (sulfide) groups is 1. The molecule has 7 heteroatoms. The summed E-state index contributed by atoms with van der Waals surface area (Å²) < 4.78 is 4.52. The van der Waals surface area contributed by atoms with Gasteiger partial charge in [0.05, 0.1) is 11.4 Å². The number of fused-ring (bicyclic) bond motifs is 2. The van der Waals surface area contributed by atoms with Gasteiger partial charge in [-0.2, -0.15) is 0 Å². The van der Waals surface area contributed by atoms with E-state index in [0.717, 1.165) is 40.4 Å². The summed E-state index contributed by atoms with van der Waals surface area (Å²) in [7, 11) is 0. The quantitative estimate of drug-likeness (QED) is 0.482. The lowest BCUT2D eigenvalue weighted by Crippen LogP contribution is -2.02. The van der Waals surface area contributed by atoms with Crippen LogP contribution >= 0.6 is 23.1 Å². The van der Waals surface area contributed by atoms with Gasteiger partial charge in [-0.3, -0.25) is 4.40 Å². The molecule has 0 aliphatic carbocycles. The van der Waals surface area contributed by atoms with E-state index in [1.165, 1.54) is 30.5 Å². The van der Waals surface area contributed by atoms with E-state index >= 15 is 0 Å². The number of rotatable bonds is 4. The number of aromatic nitrogens is 5. The normalized spacial score (nSPS) is 14.5. The summed E-state index contributed by atoms with van der Waals surface area (Å²) in [5.41, 5.74) is 3.46. The van der Waals surface area contributed by atoms with E-state index in [2.05, 4.69) is 55.0 Å². The van der Waals surface area contributed by atoms with Crippen LogP contribution in [0.3, 0.4) is 0 Å². The SMILES string of the molecule is c1ccc(-c2nc3sccn3c2CSc2nnc3n2CCCCC3)cc1. The number of imidazole rings is 1. The molecule has 0 spiro atoms. The molecule has 0 bridgehead atoms. The Kier molecular flexibility index (Phi) is 4.26. The minimum atomic E-state index is 0.834. The fourth-order valence-electron chi connectivity index (χ4n) is 3.50. The zero-order chi connectivity index (χ0) is 17.3. The number of benzene rings is 1. The minimum absolute atomic E-state index is 0.834. The van der Waals surface area contributed by atoms with Gasteiger partial charge in [0.1, 0.15) is 5.82 Å². The summed E-state index contributed by atoms with van der Waals surface area (Å²) in [5, 5.41) is 12.0. The zero-order valence-corrected chi connectivity index (χ0v) is 16.0. The first-order valence-corrected chi connectivity index (χ1v) is 10.8. The Morgan fingerprint density at radius 1 is 1.08 bits per heavy atom. The van der Waals surface area contributed by atoms with Gasteiger partial charge in [0.25, 0.3) is 0 Å². The van der Waals surface area contributed by atoms with Crippen molar-refractivity contribution in [2.75, 3.05) is 0 Å². The summed E-state index contributed by atoms with van der Waals surface area (Å²) in [6.45, 7) is 1.04. The van der Waals surface area contributed by atoms with Crippen molar-refractivity contribution in [3.8, 4) is 11.3 Å². The van der Waals surface area contributed by atoms with Crippen LogP contribution in [0.4, 0.5) is 0 Å². The van der Waals surface area contributed by atoms with Crippen LogP contribution in [0.2, 0.25) is 0 Å². The van der Waals surface area contributed by atoms with Gasteiger partial charge in [-0.15, -0.1) is 21.5 Å². The smallest absolute Gasteiger partial charge is 0.194 e. The van der Waals surface area contributed by atoms with Crippen LogP contribution in [0.15, 0.2) is 47.1 Å². The fraction of sp³-hybridized carbons (Fsp3) is 0.316. The van der Waals surface area contributed by atoms with Gasteiger partial charge in [-0.05, 0) is 12.8 Å². The molecule has 26 heavy (non-hydrogen) atoms. The lowest BCUT2D eigenvalue weighted by Gasteiger charge is -2.07. The van der Waals surface area contributed by atoms with Crippen LogP contribution < -0.4 is 0 Å². The van der Waals surface area contributed by atoms with E-state index in [1.807, 2.05) is 6.07 Å². The predicted molar refractivity (Wildman–Crippen MR) is 106 cm³/mol. The molecule has 0 atom stereocenters. The Morgan fingerprint density at radius 3 is 2.92 bits per heavy atom. The van der Waals surface area contributed by atoms with Crippen LogP contribution in [0.5, 0.6) is 0 Å². The molecule has 0 fully saturated rings. The molecule has 0 radical (unpaired) electrons. The molecule has 5 nitrogen and oxygen atoms in total. The molecule has 132 valence electrons. The molecule has 3 aromatic heterocycles. The van der Waals surface area contributed by atoms with Crippen molar-refractivity contribution in [2.45, 2.75) is 43.1 Å². The Bertz CT molecular complexity index is 1030. The van der Waals surface area contributed by atoms with Crippen LogP contribution in [0.25, 0.3) is 16.2 Å². The molecular weight excluding hydrogens is 362 g/mol. The van der Waals surface area contributed by atoms with Gasteiger partial charge in [0.15, 0.2) is 10.1 Å². The van der Waals surface area contributed by atoms with Crippen LogP contribution in [-0.2, 0) is 18.7 Å². The molecule has 5 rings (SSSR count). The molecule has 0 amide bonds. The molecule has 1 aromatic carbocycles. The molecule has 0 N–H and O–H groups in total. The molecular formula is C19H19N5S2. The molecule has 0 unspecified atom stereocenters. The number of thiazole rings is 1. The Hall–Kier alpha value is -2.12. The lowest BCUT2D eigenvalue weighted by atomic mass is 10.1. The highest BCUT2D eigenvalue weighted by Crippen LogP contribution is 2.32. The van der Waals surface area contributed by atoms with E-state index in [0.29, 0.717) is 0 Å². The highest BCUT2D eigenvalue weighted by atomic mass is 32.2. The number of nitrogens with zero attached hydrogens (tertiary/aromatic N) is 5. The first-order chi connectivity index (χ1) is 12.9. The third-order valence-corrected chi connectivity index (χ3v) is 6.56. The summed E-state index contributed by atoms with van der Waals surface area (Å²) in [4.78, 5) is 5.91. The largest absolute Gasteiger partial charge is 0.306 e. The average molecular weight is 382 g/mol. The van der Waals surface area contributed by atoms with Crippen molar-refractivity contribution in [3.05, 3.63) is 53.4 Å². The van der Waals surface area contributed by atoms with Crippen LogP contribution in [0.1, 0.15) is 30.8 Å². The molecule has 1 aliphatic heterocycles. The highest BCUT2D eigenvalue weighted by Gasteiger charge is 2.19. The maximum Gasteiger partial charge on any atom is 0.194 e. The standard InChI is InChI=1S/C19H19N5S2/c1-3-7-14(8-4-1)17-15(23-11-12-25-18(23)20-17)13-26-19-22-21-16-9-5-2-6-10-24(16)19/h1,3-4,7-8,11-12H,2,5-6,9-10,13H2. The maximum absolute atomic E-state index is 4.87. The Morgan fingerprint density at radius 2 is 2.00 bits per heavy atom. The van der Waals surface area contributed by atoms with Crippen LogP contribution in [0, 0.1) is 0 Å². The number of aryl methyl sites for hydroxylation is 1. The summed E-state index contributed by atoms with van der Waals surface area (Å²) >= 11 is 3.44. The van der Waals surface area contributed by atoms with E-state index in [-0.39, 0.29) is 0 Å². The van der Waals surface area contributed by atoms with Crippen molar-refractivity contribution in [1.29, 1.82) is 0 Å². The minimum Gasteiger partial charge on any atom is -0.306 e. The van der Waals surface area contributed by atoms with Gasteiger partial charge in [0.2, 0.25) is 0 Å². The Labute approximate surface area is 160 Å². The number of hydrogen-bond donors (Lipinski definition) is 0. The zero-order valence-electron chi connectivity index (χ0n) is 14.3. The topological polar surface area (TPSA) is 48.0 Å². The highest BCUT2D eigenvalue weighted by molar-refractivity contribution is 7.98. The second-order valence-corrected chi connectivity index (χ2v) is 8.29. The van der Waals surface area contributed by atoms with E-state index in [9.17, 15) is 0 Å². The van der Waals surface area contributed by atoms with E-state index in [4.69, 9.17) is 4.98 Å². The van der Waals surface area contributed by atoms with Crippen molar-refractivity contribution >= 4 is 28.1 Å². The van der Waals surface area contributed by atoms with E-state index < -0.39 is 0 Å². The predicted octanol–water partition coefficient (Wildman–Crippen LogP) is 4.67. The summed E-state index contributed by atoms with van der Waals surface area (Å²) in [6, 6.07) is 10.4. The molecule has 1 aliphatic rings. The second-order valence-electron chi connectivity index (χ2n) is 6.48. The maximum atomic E-state index is 4.87. The number of hydrogen-bond acceptors (Lipinski definition) is 5. The average Bonchev–Trinajstić information content (AvgIpc) is 3.32. The molecule has 0 saturated heterocycles. The van der Waals surface area contributed by atoms with Gasteiger partial charge < -0.3 is 4.57 Å².